The minimum atomic E-state index is 0.0787. The molecule has 1 unspecified atom stereocenters. The Morgan fingerprint density at radius 2 is 1.95 bits per heavy atom. The van der Waals surface area contributed by atoms with Gasteiger partial charge in [-0.15, -0.1) is 0 Å². The van der Waals surface area contributed by atoms with Gasteiger partial charge in [-0.2, -0.15) is 0 Å². The Morgan fingerprint density at radius 1 is 1.19 bits per heavy atom. The molecule has 0 fully saturated rings. The van der Waals surface area contributed by atoms with Crippen LogP contribution in [0.4, 0.5) is 0 Å². The monoisotopic (exact) mass is 287 g/mol. The highest BCUT2D eigenvalue weighted by molar-refractivity contribution is 5.85. The summed E-state index contributed by atoms with van der Waals surface area (Å²) < 4.78 is 0. The SMILES string of the molecule is CCCCCCCCCC(=O)C1CCCc2cccnc21. The van der Waals surface area contributed by atoms with E-state index in [9.17, 15) is 4.79 Å². The van der Waals surface area contributed by atoms with Crippen molar-refractivity contribution in [3.05, 3.63) is 29.6 Å². The van der Waals surface area contributed by atoms with Gasteiger partial charge < -0.3 is 0 Å². The molecule has 1 heterocycles. The number of fused-ring (bicyclic) bond motifs is 1. The summed E-state index contributed by atoms with van der Waals surface area (Å²) in [5.41, 5.74) is 2.36. The van der Waals surface area contributed by atoms with E-state index in [1.165, 1.54) is 44.1 Å². The van der Waals surface area contributed by atoms with Crippen LogP contribution < -0.4 is 0 Å². The van der Waals surface area contributed by atoms with Gasteiger partial charge >= 0.3 is 0 Å². The molecule has 1 aromatic heterocycles. The normalized spacial score (nSPS) is 17.5. The lowest BCUT2D eigenvalue weighted by molar-refractivity contribution is -0.121. The lowest BCUT2D eigenvalue weighted by atomic mass is 9.82. The number of pyridine rings is 1. The van der Waals surface area contributed by atoms with Gasteiger partial charge in [0.1, 0.15) is 5.78 Å². The van der Waals surface area contributed by atoms with Gasteiger partial charge in [0.2, 0.25) is 0 Å². The van der Waals surface area contributed by atoms with E-state index in [0.717, 1.165) is 37.8 Å². The summed E-state index contributed by atoms with van der Waals surface area (Å²) in [7, 11) is 0. The van der Waals surface area contributed by atoms with E-state index in [1.54, 1.807) is 0 Å². The number of carbonyl (C=O) groups excluding carboxylic acids is 1. The molecule has 21 heavy (non-hydrogen) atoms. The van der Waals surface area contributed by atoms with E-state index in [0.29, 0.717) is 5.78 Å². The minimum absolute atomic E-state index is 0.0787. The van der Waals surface area contributed by atoms with E-state index in [2.05, 4.69) is 18.0 Å². The van der Waals surface area contributed by atoms with Crippen molar-refractivity contribution in [2.24, 2.45) is 0 Å². The Labute approximate surface area is 129 Å². The molecule has 0 amide bonds. The van der Waals surface area contributed by atoms with Gasteiger partial charge in [0.25, 0.3) is 0 Å². The summed E-state index contributed by atoms with van der Waals surface area (Å²) in [5.74, 6) is 0.498. The number of nitrogens with zero attached hydrogens (tertiary/aromatic N) is 1. The molecule has 116 valence electrons. The second-order valence-electron chi connectivity index (χ2n) is 6.33. The molecule has 0 aliphatic heterocycles. The number of hydrogen-bond acceptors (Lipinski definition) is 2. The molecule has 0 aromatic carbocycles. The summed E-state index contributed by atoms with van der Waals surface area (Å²) >= 11 is 0. The predicted molar refractivity (Wildman–Crippen MR) is 87.5 cm³/mol. The van der Waals surface area contributed by atoms with Gasteiger partial charge in [-0.3, -0.25) is 9.78 Å². The smallest absolute Gasteiger partial charge is 0.141 e. The average molecular weight is 287 g/mol. The van der Waals surface area contributed by atoms with Gasteiger partial charge in [-0.05, 0) is 37.3 Å². The maximum absolute atomic E-state index is 12.5. The first-order chi connectivity index (χ1) is 10.3. The second-order valence-corrected chi connectivity index (χ2v) is 6.33. The van der Waals surface area contributed by atoms with Crippen LogP contribution in [0.15, 0.2) is 18.3 Å². The van der Waals surface area contributed by atoms with Crippen molar-refractivity contribution in [1.82, 2.24) is 4.98 Å². The first-order valence-electron chi connectivity index (χ1n) is 8.79. The van der Waals surface area contributed by atoms with Crippen molar-refractivity contribution < 1.29 is 4.79 Å². The van der Waals surface area contributed by atoms with Crippen LogP contribution in [0.5, 0.6) is 0 Å². The Hall–Kier alpha value is -1.18. The Morgan fingerprint density at radius 3 is 2.76 bits per heavy atom. The number of rotatable bonds is 9. The van der Waals surface area contributed by atoms with Crippen molar-refractivity contribution >= 4 is 5.78 Å². The van der Waals surface area contributed by atoms with Crippen LogP contribution in [0.25, 0.3) is 0 Å². The topological polar surface area (TPSA) is 30.0 Å². The summed E-state index contributed by atoms with van der Waals surface area (Å²) in [5, 5.41) is 0. The number of carbonyl (C=O) groups is 1. The number of Topliss-reactive ketones (excluding diaryl/α,β-unsaturated/α-hetero) is 1. The Bertz CT molecular complexity index is 441. The zero-order valence-electron chi connectivity index (χ0n) is 13.4. The highest BCUT2D eigenvalue weighted by Gasteiger charge is 2.26. The fraction of sp³-hybridized carbons (Fsp3) is 0.684. The molecule has 0 saturated heterocycles. The fourth-order valence-electron chi connectivity index (χ4n) is 3.35. The molecule has 1 aliphatic rings. The maximum atomic E-state index is 12.5. The van der Waals surface area contributed by atoms with E-state index < -0.39 is 0 Å². The minimum Gasteiger partial charge on any atom is -0.299 e. The Kier molecular flexibility index (Phi) is 6.91. The molecule has 0 bridgehead atoms. The fourth-order valence-corrected chi connectivity index (χ4v) is 3.35. The van der Waals surface area contributed by atoms with Gasteiger partial charge in [0.15, 0.2) is 0 Å². The van der Waals surface area contributed by atoms with Gasteiger partial charge in [-0.25, -0.2) is 0 Å². The standard InChI is InChI=1S/C19H29NO/c1-2-3-4-5-6-7-8-14-18(21)17-13-9-11-16-12-10-15-20-19(16)17/h10,12,15,17H,2-9,11,13-14H2,1H3. The number of aromatic nitrogens is 1. The van der Waals surface area contributed by atoms with Crippen LogP contribution in [0.1, 0.15) is 88.3 Å². The molecule has 2 nitrogen and oxygen atoms in total. The molecule has 1 aliphatic carbocycles. The first kappa shape index (κ1) is 16.2. The number of aryl methyl sites for hydroxylation is 1. The molecule has 2 heteroatoms. The van der Waals surface area contributed by atoms with Gasteiger partial charge in [0.05, 0.1) is 11.6 Å². The molecule has 1 aromatic rings. The quantitative estimate of drug-likeness (QED) is 0.583. The number of unbranched alkanes of at least 4 members (excludes halogenated alkanes) is 6. The third-order valence-corrected chi connectivity index (χ3v) is 4.61. The first-order valence-corrected chi connectivity index (χ1v) is 8.79. The summed E-state index contributed by atoms with van der Waals surface area (Å²) in [6, 6.07) is 4.12. The lowest BCUT2D eigenvalue weighted by Gasteiger charge is -2.23. The average Bonchev–Trinajstić information content (AvgIpc) is 2.53. The molecular weight excluding hydrogens is 258 g/mol. The van der Waals surface area contributed by atoms with Crippen LogP contribution in [-0.2, 0) is 11.2 Å². The zero-order chi connectivity index (χ0) is 14.9. The molecule has 0 N–H and O–H groups in total. The van der Waals surface area contributed by atoms with E-state index >= 15 is 0 Å². The maximum Gasteiger partial charge on any atom is 0.141 e. The highest BCUT2D eigenvalue weighted by Crippen LogP contribution is 2.31. The molecular formula is C19H29NO. The van der Waals surface area contributed by atoms with Crippen molar-refractivity contribution in [3.63, 3.8) is 0 Å². The second kappa shape index (κ2) is 8.96. The highest BCUT2D eigenvalue weighted by atomic mass is 16.1. The number of ketones is 1. The van der Waals surface area contributed by atoms with Gasteiger partial charge in [0, 0.05) is 12.6 Å². The van der Waals surface area contributed by atoms with Crippen LogP contribution in [0, 0.1) is 0 Å². The van der Waals surface area contributed by atoms with Crippen molar-refractivity contribution in [2.75, 3.05) is 0 Å². The molecule has 2 rings (SSSR count). The largest absolute Gasteiger partial charge is 0.299 e. The van der Waals surface area contributed by atoms with Crippen molar-refractivity contribution in [3.8, 4) is 0 Å². The molecule has 0 radical (unpaired) electrons. The predicted octanol–water partition coefficient (Wildman–Crippen LogP) is 5.21. The van der Waals surface area contributed by atoms with Crippen LogP contribution in [0.2, 0.25) is 0 Å². The molecule has 0 spiro atoms. The summed E-state index contributed by atoms with van der Waals surface area (Å²) in [4.78, 5) is 16.9. The van der Waals surface area contributed by atoms with E-state index in [4.69, 9.17) is 0 Å². The molecule has 0 saturated carbocycles. The third-order valence-electron chi connectivity index (χ3n) is 4.61. The summed E-state index contributed by atoms with van der Waals surface area (Å²) in [6.07, 6.45) is 14.7. The number of hydrogen-bond donors (Lipinski definition) is 0. The lowest BCUT2D eigenvalue weighted by Crippen LogP contribution is -2.19. The van der Waals surface area contributed by atoms with Gasteiger partial charge in [-0.1, -0.05) is 51.5 Å². The van der Waals surface area contributed by atoms with Crippen LogP contribution in [-0.4, -0.2) is 10.8 Å². The van der Waals surface area contributed by atoms with E-state index in [1.807, 2.05) is 12.3 Å². The van der Waals surface area contributed by atoms with E-state index in [-0.39, 0.29) is 5.92 Å². The Balaban J connectivity index is 1.72. The van der Waals surface area contributed by atoms with Crippen LogP contribution >= 0.6 is 0 Å². The molecule has 1 atom stereocenters. The zero-order valence-corrected chi connectivity index (χ0v) is 13.4. The third kappa shape index (κ3) is 4.94. The van der Waals surface area contributed by atoms with Crippen molar-refractivity contribution in [1.29, 1.82) is 0 Å². The van der Waals surface area contributed by atoms with Crippen molar-refractivity contribution in [2.45, 2.75) is 83.5 Å². The summed E-state index contributed by atoms with van der Waals surface area (Å²) in [6.45, 7) is 2.24. The van der Waals surface area contributed by atoms with Crippen LogP contribution in [0.3, 0.4) is 0 Å².